The van der Waals surface area contributed by atoms with E-state index in [4.69, 9.17) is 0 Å². The van der Waals surface area contributed by atoms with Crippen molar-refractivity contribution in [1.29, 1.82) is 0 Å². The first kappa shape index (κ1) is 13.1. The van der Waals surface area contributed by atoms with Crippen LogP contribution in [-0.2, 0) is 4.79 Å². The molecule has 0 radical (unpaired) electrons. The zero-order valence-corrected chi connectivity index (χ0v) is 12.1. The van der Waals surface area contributed by atoms with Crippen molar-refractivity contribution in [3.63, 3.8) is 0 Å². The Morgan fingerprint density at radius 3 is 1.74 bits per heavy atom. The van der Waals surface area contributed by atoms with Gasteiger partial charge in [-0.2, -0.15) is 0 Å². The standard InChI is InChI=1S/C18H26O/c19-17-13-7-12-16(14-8-3-1-4-9-14)18(17)15-10-5-2-6-11-15/h1-13H2. The molecular weight excluding hydrogens is 232 g/mol. The predicted octanol–water partition coefficient (Wildman–Crippen LogP) is 5.26. The van der Waals surface area contributed by atoms with Crippen LogP contribution in [-0.4, -0.2) is 5.78 Å². The lowest BCUT2D eigenvalue weighted by atomic mass is 9.76. The van der Waals surface area contributed by atoms with E-state index >= 15 is 0 Å². The van der Waals surface area contributed by atoms with Gasteiger partial charge in [0.25, 0.3) is 0 Å². The maximum absolute atomic E-state index is 12.5. The van der Waals surface area contributed by atoms with Crippen LogP contribution in [0.15, 0.2) is 22.3 Å². The monoisotopic (exact) mass is 258 g/mol. The summed E-state index contributed by atoms with van der Waals surface area (Å²) in [6.45, 7) is 0. The lowest BCUT2D eigenvalue weighted by Crippen LogP contribution is -2.17. The SMILES string of the molecule is O=C1CCCC(=C2CCCCC2)C1=C1CCCCC1. The van der Waals surface area contributed by atoms with E-state index in [1.165, 1.54) is 87.3 Å². The molecule has 19 heavy (non-hydrogen) atoms. The van der Waals surface area contributed by atoms with Crippen LogP contribution in [0, 0.1) is 0 Å². The summed E-state index contributed by atoms with van der Waals surface area (Å²) in [4.78, 5) is 12.5. The lowest BCUT2D eigenvalue weighted by Gasteiger charge is -2.28. The molecule has 0 amide bonds. The molecule has 3 fully saturated rings. The normalized spacial score (nSPS) is 26.0. The molecule has 0 saturated heterocycles. The van der Waals surface area contributed by atoms with Gasteiger partial charge in [0.05, 0.1) is 0 Å². The Bertz CT molecular complexity index is 409. The zero-order valence-electron chi connectivity index (χ0n) is 12.1. The van der Waals surface area contributed by atoms with Crippen molar-refractivity contribution in [1.82, 2.24) is 0 Å². The predicted molar refractivity (Wildman–Crippen MR) is 79.1 cm³/mol. The molecule has 0 heterocycles. The smallest absolute Gasteiger partial charge is 0.163 e. The molecule has 0 N–H and O–H groups in total. The van der Waals surface area contributed by atoms with Crippen LogP contribution in [0.1, 0.15) is 83.5 Å². The highest BCUT2D eigenvalue weighted by molar-refractivity contribution is 6.01. The average molecular weight is 258 g/mol. The highest BCUT2D eigenvalue weighted by atomic mass is 16.1. The van der Waals surface area contributed by atoms with Crippen LogP contribution in [0.3, 0.4) is 0 Å². The quantitative estimate of drug-likeness (QED) is 0.542. The molecule has 0 atom stereocenters. The highest BCUT2D eigenvalue weighted by Gasteiger charge is 2.27. The van der Waals surface area contributed by atoms with E-state index in [0.717, 1.165) is 12.8 Å². The van der Waals surface area contributed by atoms with Crippen molar-refractivity contribution in [3.05, 3.63) is 22.3 Å². The molecule has 0 aliphatic heterocycles. The van der Waals surface area contributed by atoms with Crippen molar-refractivity contribution in [3.8, 4) is 0 Å². The number of Topliss-reactive ketones (excluding diaryl/α,β-unsaturated/α-hetero) is 1. The number of rotatable bonds is 0. The Labute approximate surface area is 117 Å². The minimum atomic E-state index is 0.469. The van der Waals surface area contributed by atoms with E-state index in [9.17, 15) is 4.79 Å². The second-order valence-electron chi connectivity index (χ2n) is 6.46. The minimum Gasteiger partial charge on any atom is -0.294 e. The molecule has 3 aliphatic carbocycles. The maximum Gasteiger partial charge on any atom is 0.163 e. The van der Waals surface area contributed by atoms with Crippen LogP contribution >= 0.6 is 0 Å². The van der Waals surface area contributed by atoms with E-state index in [1.807, 2.05) is 0 Å². The molecule has 0 unspecified atom stereocenters. The first-order valence-electron chi connectivity index (χ1n) is 8.33. The molecule has 3 rings (SSSR count). The summed E-state index contributed by atoms with van der Waals surface area (Å²) in [5.74, 6) is 0.469. The summed E-state index contributed by atoms with van der Waals surface area (Å²) in [5.41, 5.74) is 5.90. The minimum absolute atomic E-state index is 0.469. The summed E-state index contributed by atoms with van der Waals surface area (Å²) in [7, 11) is 0. The Hall–Kier alpha value is -0.850. The fourth-order valence-electron chi connectivity index (χ4n) is 4.12. The van der Waals surface area contributed by atoms with Crippen LogP contribution in [0.5, 0.6) is 0 Å². The summed E-state index contributed by atoms with van der Waals surface area (Å²) in [6, 6.07) is 0. The first-order valence-corrected chi connectivity index (χ1v) is 8.33. The van der Waals surface area contributed by atoms with Crippen LogP contribution in [0.4, 0.5) is 0 Å². The average Bonchev–Trinajstić information content (AvgIpc) is 2.49. The summed E-state index contributed by atoms with van der Waals surface area (Å²) in [6.07, 6.45) is 16.0. The second kappa shape index (κ2) is 6.07. The lowest BCUT2D eigenvalue weighted by molar-refractivity contribution is -0.116. The first-order chi connectivity index (χ1) is 9.36. The van der Waals surface area contributed by atoms with E-state index in [1.54, 1.807) is 5.57 Å². The topological polar surface area (TPSA) is 17.1 Å². The molecule has 0 aromatic heterocycles. The Morgan fingerprint density at radius 1 is 0.526 bits per heavy atom. The third-order valence-electron chi connectivity index (χ3n) is 5.11. The van der Waals surface area contributed by atoms with Crippen molar-refractivity contribution >= 4 is 5.78 Å². The van der Waals surface area contributed by atoms with Gasteiger partial charge in [0.1, 0.15) is 0 Å². The van der Waals surface area contributed by atoms with Gasteiger partial charge < -0.3 is 0 Å². The van der Waals surface area contributed by atoms with Crippen LogP contribution in [0.25, 0.3) is 0 Å². The van der Waals surface area contributed by atoms with E-state index < -0.39 is 0 Å². The second-order valence-corrected chi connectivity index (χ2v) is 6.46. The molecule has 1 heteroatoms. The van der Waals surface area contributed by atoms with E-state index in [0.29, 0.717) is 5.78 Å². The van der Waals surface area contributed by atoms with Crippen molar-refractivity contribution in [2.45, 2.75) is 83.5 Å². The summed E-state index contributed by atoms with van der Waals surface area (Å²) < 4.78 is 0. The molecule has 104 valence electrons. The molecule has 0 aromatic rings. The third kappa shape index (κ3) is 2.85. The number of allylic oxidation sites excluding steroid dienone is 4. The van der Waals surface area contributed by atoms with Gasteiger partial charge in [0.15, 0.2) is 5.78 Å². The Kier molecular flexibility index (Phi) is 4.20. The molecule has 0 aromatic carbocycles. The van der Waals surface area contributed by atoms with Crippen molar-refractivity contribution in [2.75, 3.05) is 0 Å². The molecule has 1 nitrogen and oxygen atoms in total. The van der Waals surface area contributed by atoms with Gasteiger partial charge in [-0.15, -0.1) is 0 Å². The number of hydrogen-bond donors (Lipinski definition) is 0. The molecule has 0 bridgehead atoms. The maximum atomic E-state index is 12.5. The number of carbonyl (C=O) groups excluding carboxylic acids is 1. The molecule has 0 spiro atoms. The van der Waals surface area contributed by atoms with Gasteiger partial charge in [-0.1, -0.05) is 24.0 Å². The number of carbonyl (C=O) groups is 1. The van der Waals surface area contributed by atoms with Crippen molar-refractivity contribution in [2.24, 2.45) is 0 Å². The zero-order chi connectivity index (χ0) is 13.1. The molecule has 3 saturated carbocycles. The molecular formula is C18H26O. The Balaban J connectivity index is 1.97. The van der Waals surface area contributed by atoms with Gasteiger partial charge in [0.2, 0.25) is 0 Å². The fourth-order valence-corrected chi connectivity index (χ4v) is 4.12. The summed E-state index contributed by atoms with van der Waals surface area (Å²) in [5, 5.41) is 0. The number of ketones is 1. The highest BCUT2D eigenvalue weighted by Crippen LogP contribution is 2.39. The third-order valence-corrected chi connectivity index (χ3v) is 5.11. The summed E-state index contributed by atoms with van der Waals surface area (Å²) >= 11 is 0. The van der Waals surface area contributed by atoms with E-state index in [-0.39, 0.29) is 0 Å². The fraction of sp³-hybridized carbons (Fsp3) is 0.722. The van der Waals surface area contributed by atoms with Crippen LogP contribution in [0.2, 0.25) is 0 Å². The molecule has 3 aliphatic rings. The van der Waals surface area contributed by atoms with Gasteiger partial charge in [-0.05, 0) is 69.8 Å². The van der Waals surface area contributed by atoms with E-state index in [2.05, 4.69) is 0 Å². The van der Waals surface area contributed by atoms with Gasteiger partial charge in [-0.3, -0.25) is 4.79 Å². The number of hydrogen-bond acceptors (Lipinski definition) is 1. The van der Waals surface area contributed by atoms with Gasteiger partial charge in [-0.25, -0.2) is 0 Å². The Morgan fingerprint density at radius 2 is 1.11 bits per heavy atom. The van der Waals surface area contributed by atoms with Crippen molar-refractivity contribution < 1.29 is 4.79 Å². The van der Waals surface area contributed by atoms with Gasteiger partial charge >= 0.3 is 0 Å². The largest absolute Gasteiger partial charge is 0.294 e. The van der Waals surface area contributed by atoms with Gasteiger partial charge in [0, 0.05) is 12.0 Å². The van der Waals surface area contributed by atoms with Crippen LogP contribution < -0.4 is 0 Å².